The van der Waals surface area contributed by atoms with E-state index in [2.05, 4.69) is 37.3 Å². The number of likely N-dealkylation sites (tertiary alicyclic amines) is 1. The van der Waals surface area contributed by atoms with Crippen LogP contribution in [0.1, 0.15) is 36.1 Å². The van der Waals surface area contributed by atoms with Crippen LogP contribution in [0, 0.1) is 0 Å². The highest BCUT2D eigenvalue weighted by Gasteiger charge is 2.28. The van der Waals surface area contributed by atoms with Gasteiger partial charge in [-0.2, -0.15) is 5.10 Å². The first-order chi connectivity index (χ1) is 15.2. The lowest BCUT2D eigenvalue weighted by Gasteiger charge is -2.36. The topological polar surface area (TPSA) is 67.2 Å². The van der Waals surface area contributed by atoms with Gasteiger partial charge in [0.2, 0.25) is 0 Å². The van der Waals surface area contributed by atoms with E-state index < -0.39 is 0 Å². The van der Waals surface area contributed by atoms with Crippen molar-refractivity contribution in [3.8, 4) is 5.75 Å². The molecule has 0 radical (unpaired) electrons. The molecule has 9 heteroatoms. The Kier molecular flexibility index (Phi) is 9.18. The second-order valence-corrected chi connectivity index (χ2v) is 8.18. The summed E-state index contributed by atoms with van der Waals surface area (Å²) in [6.07, 6.45) is 6.41. The van der Waals surface area contributed by atoms with E-state index in [1.54, 1.807) is 7.11 Å². The molecule has 0 aliphatic carbocycles. The number of halogens is 1. The third kappa shape index (κ3) is 5.74. The second kappa shape index (κ2) is 11.9. The molecule has 2 aliphatic heterocycles. The number of nitrogens with one attached hydrogen (secondary N) is 1. The van der Waals surface area contributed by atoms with Crippen LogP contribution in [0.4, 0.5) is 0 Å². The van der Waals surface area contributed by atoms with Crippen LogP contribution in [0.15, 0.2) is 41.7 Å². The van der Waals surface area contributed by atoms with Gasteiger partial charge in [-0.15, -0.1) is 24.0 Å². The minimum absolute atomic E-state index is 0. The summed E-state index contributed by atoms with van der Waals surface area (Å²) in [7, 11) is 5.53. The number of aliphatic imine (C=N–C) groups is 1. The molecule has 2 aromatic rings. The summed E-state index contributed by atoms with van der Waals surface area (Å²) < 4.78 is 13.5. The van der Waals surface area contributed by atoms with Gasteiger partial charge in [0.1, 0.15) is 11.9 Å². The molecule has 3 heterocycles. The molecule has 2 saturated heterocycles. The fourth-order valence-electron chi connectivity index (χ4n) is 4.60. The van der Waals surface area contributed by atoms with Crippen molar-refractivity contribution >= 4 is 29.9 Å². The quantitative estimate of drug-likeness (QED) is 0.337. The van der Waals surface area contributed by atoms with E-state index in [-0.39, 0.29) is 36.1 Å². The largest absolute Gasteiger partial charge is 0.496 e. The number of aromatic nitrogens is 2. The first-order valence-electron chi connectivity index (χ1n) is 11.1. The van der Waals surface area contributed by atoms with Gasteiger partial charge in [0, 0.05) is 44.5 Å². The van der Waals surface area contributed by atoms with Gasteiger partial charge in [-0.05, 0) is 32.0 Å². The van der Waals surface area contributed by atoms with Gasteiger partial charge >= 0.3 is 0 Å². The molecule has 0 saturated carbocycles. The number of ether oxygens (including phenoxy) is 2. The smallest absolute Gasteiger partial charge is 0.193 e. The number of methoxy groups -OCH3 is 1. The van der Waals surface area contributed by atoms with Crippen molar-refractivity contribution in [3.05, 3.63) is 47.8 Å². The summed E-state index contributed by atoms with van der Waals surface area (Å²) in [5, 5.41) is 7.94. The Bertz CT molecular complexity index is 883. The van der Waals surface area contributed by atoms with E-state index in [0.29, 0.717) is 6.61 Å². The first kappa shape index (κ1) is 24.8. The van der Waals surface area contributed by atoms with E-state index in [0.717, 1.165) is 50.0 Å². The Morgan fingerprint density at radius 2 is 2.06 bits per heavy atom. The van der Waals surface area contributed by atoms with Crippen LogP contribution < -0.4 is 10.1 Å². The Labute approximate surface area is 208 Å². The van der Waals surface area contributed by atoms with Crippen LogP contribution in [0.2, 0.25) is 0 Å². The van der Waals surface area contributed by atoms with Crippen LogP contribution in [-0.4, -0.2) is 79.0 Å². The van der Waals surface area contributed by atoms with E-state index in [1.165, 1.54) is 18.4 Å². The number of morpholine rings is 1. The summed E-state index contributed by atoms with van der Waals surface area (Å²) in [4.78, 5) is 9.42. The summed E-state index contributed by atoms with van der Waals surface area (Å²) in [5.41, 5.74) is 2.33. The van der Waals surface area contributed by atoms with Gasteiger partial charge in [0.15, 0.2) is 5.96 Å². The molecular weight excluding hydrogens is 519 g/mol. The van der Waals surface area contributed by atoms with Crippen LogP contribution in [-0.2, 0) is 11.8 Å². The maximum atomic E-state index is 6.01. The van der Waals surface area contributed by atoms with Crippen molar-refractivity contribution in [2.75, 3.05) is 53.5 Å². The van der Waals surface area contributed by atoms with E-state index in [4.69, 9.17) is 9.47 Å². The zero-order valence-electron chi connectivity index (χ0n) is 19.2. The zero-order valence-corrected chi connectivity index (χ0v) is 21.6. The number of guanidine groups is 1. The van der Waals surface area contributed by atoms with E-state index in [1.807, 2.05) is 43.3 Å². The van der Waals surface area contributed by atoms with Crippen molar-refractivity contribution < 1.29 is 9.47 Å². The Balaban J connectivity index is 0.00000289. The molecule has 8 nitrogen and oxygen atoms in total. The highest BCUT2D eigenvalue weighted by molar-refractivity contribution is 14.0. The van der Waals surface area contributed by atoms with Crippen molar-refractivity contribution in [3.63, 3.8) is 0 Å². The molecule has 32 heavy (non-hydrogen) atoms. The Morgan fingerprint density at radius 1 is 1.28 bits per heavy atom. The molecule has 1 N–H and O–H groups in total. The number of para-hydroxylation sites is 1. The molecule has 2 fully saturated rings. The van der Waals surface area contributed by atoms with Crippen molar-refractivity contribution in [2.24, 2.45) is 12.0 Å². The fraction of sp³-hybridized carbons (Fsp3) is 0.565. The lowest BCUT2D eigenvalue weighted by atomic mass is 10.0. The molecule has 1 aromatic heterocycles. The van der Waals surface area contributed by atoms with Gasteiger partial charge in [-0.25, -0.2) is 0 Å². The number of aryl methyl sites for hydroxylation is 1. The van der Waals surface area contributed by atoms with Crippen molar-refractivity contribution in [2.45, 2.75) is 25.0 Å². The zero-order chi connectivity index (χ0) is 21.6. The predicted molar refractivity (Wildman–Crippen MR) is 137 cm³/mol. The third-order valence-electron chi connectivity index (χ3n) is 6.21. The van der Waals surface area contributed by atoms with Gasteiger partial charge in [0.25, 0.3) is 0 Å². The number of benzene rings is 1. The lowest BCUT2D eigenvalue weighted by molar-refractivity contribution is -0.00812. The molecule has 0 bridgehead atoms. The maximum absolute atomic E-state index is 6.01. The molecule has 1 aromatic carbocycles. The van der Waals surface area contributed by atoms with Crippen LogP contribution in [0.5, 0.6) is 5.75 Å². The molecule has 2 aliphatic rings. The highest BCUT2D eigenvalue weighted by Crippen LogP contribution is 2.31. The third-order valence-corrected chi connectivity index (χ3v) is 6.21. The standard InChI is InChI=1S/C23H34N6O2.HI/c1-24-23(29-12-13-31-22(17-29)18-14-26-27(2)16-18)25-15-20(28-10-6-7-11-28)19-8-4-5-9-21(19)30-3;/h4-5,8-9,14,16,20,22H,6-7,10-13,15,17H2,1-3H3,(H,24,25);1H. The van der Waals surface area contributed by atoms with E-state index >= 15 is 0 Å². The molecule has 2 atom stereocenters. The van der Waals surface area contributed by atoms with Gasteiger partial charge in [-0.1, -0.05) is 18.2 Å². The monoisotopic (exact) mass is 554 g/mol. The summed E-state index contributed by atoms with van der Waals surface area (Å²) in [6, 6.07) is 8.59. The minimum Gasteiger partial charge on any atom is -0.496 e. The Hall–Kier alpha value is -1.85. The molecule has 0 amide bonds. The van der Waals surface area contributed by atoms with Gasteiger partial charge < -0.3 is 19.7 Å². The Morgan fingerprint density at radius 3 is 2.75 bits per heavy atom. The first-order valence-corrected chi connectivity index (χ1v) is 11.1. The lowest BCUT2D eigenvalue weighted by Crippen LogP contribution is -2.49. The molecule has 4 rings (SSSR count). The van der Waals surface area contributed by atoms with Crippen LogP contribution in [0.3, 0.4) is 0 Å². The summed E-state index contributed by atoms with van der Waals surface area (Å²) in [6.45, 7) is 5.26. The van der Waals surface area contributed by atoms with E-state index in [9.17, 15) is 0 Å². The second-order valence-electron chi connectivity index (χ2n) is 8.18. The number of nitrogens with zero attached hydrogens (tertiary/aromatic N) is 5. The maximum Gasteiger partial charge on any atom is 0.193 e. The van der Waals surface area contributed by atoms with Crippen LogP contribution in [0.25, 0.3) is 0 Å². The SMILES string of the molecule is CN=C(NCC(c1ccccc1OC)N1CCCC1)N1CCOC(c2cnn(C)c2)C1.I. The normalized spacial score (nSPS) is 20.7. The number of hydrogen-bond acceptors (Lipinski definition) is 5. The number of hydrogen-bond donors (Lipinski definition) is 1. The van der Waals surface area contributed by atoms with Crippen molar-refractivity contribution in [1.29, 1.82) is 0 Å². The van der Waals surface area contributed by atoms with Gasteiger partial charge in [0.05, 0.1) is 32.5 Å². The number of rotatable bonds is 6. The van der Waals surface area contributed by atoms with Crippen LogP contribution >= 0.6 is 24.0 Å². The van der Waals surface area contributed by atoms with Gasteiger partial charge in [-0.3, -0.25) is 14.6 Å². The highest BCUT2D eigenvalue weighted by atomic mass is 127. The molecule has 0 spiro atoms. The predicted octanol–water partition coefficient (Wildman–Crippen LogP) is 2.83. The fourth-order valence-corrected chi connectivity index (χ4v) is 4.60. The molecule has 2 unspecified atom stereocenters. The minimum atomic E-state index is 0. The average molecular weight is 554 g/mol. The summed E-state index contributed by atoms with van der Waals surface area (Å²) >= 11 is 0. The van der Waals surface area contributed by atoms with Crippen molar-refractivity contribution in [1.82, 2.24) is 24.9 Å². The average Bonchev–Trinajstić information content (AvgIpc) is 3.49. The summed E-state index contributed by atoms with van der Waals surface area (Å²) in [5.74, 6) is 1.86. The molecule has 176 valence electrons. The molecular formula is C23H35IN6O2.